The molecule has 0 atom stereocenters. The molecule has 0 bridgehead atoms. The molecule has 2 heterocycles. The number of nitrogens with zero attached hydrogens (tertiary/aromatic N) is 4. The Morgan fingerprint density at radius 3 is 2.95 bits per heavy atom. The minimum atomic E-state index is -1.01. The van der Waals surface area contributed by atoms with Crippen LogP contribution >= 0.6 is 0 Å². The van der Waals surface area contributed by atoms with Crippen molar-refractivity contribution in [2.45, 2.75) is 20.0 Å². The van der Waals surface area contributed by atoms with Gasteiger partial charge in [-0.1, -0.05) is 5.21 Å². The maximum Gasteiger partial charge on any atom is 0.325 e. The number of carboxylic acids is 1. The fourth-order valence-corrected chi connectivity index (χ4v) is 1.43. The molecule has 9 heteroatoms. The first-order chi connectivity index (χ1) is 9.04. The first kappa shape index (κ1) is 12.7. The lowest BCUT2D eigenvalue weighted by atomic mass is 10.3. The lowest BCUT2D eigenvalue weighted by molar-refractivity contribution is -0.137. The molecular weight excluding hydrogens is 252 g/mol. The quantitative estimate of drug-likeness (QED) is 0.657. The molecule has 2 rings (SSSR count). The number of carboxylic acid groups (broad SMARTS) is 1. The van der Waals surface area contributed by atoms with Gasteiger partial charge in [-0.05, 0) is 13.0 Å². The smallest absolute Gasteiger partial charge is 0.325 e. The SMILES string of the molecule is Cc1cc(C(=O)NCc2cn(CC(=O)O)nn2)n[nH]1. The Kier molecular flexibility index (Phi) is 3.55. The first-order valence-electron chi connectivity index (χ1n) is 5.45. The van der Waals surface area contributed by atoms with Crippen molar-refractivity contribution in [3.05, 3.63) is 29.3 Å². The predicted octanol–water partition coefficient (Wildman–Crippen LogP) is -0.676. The fraction of sp³-hybridized carbons (Fsp3) is 0.300. The van der Waals surface area contributed by atoms with E-state index >= 15 is 0 Å². The number of amides is 1. The monoisotopic (exact) mass is 264 g/mol. The molecular formula is C10H12N6O3. The van der Waals surface area contributed by atoms with E-state index in [0.29, 0.717) is 5.69 Å². The minimum absolute atomic E-state index is 0.157. The Labute approximate surface area is 107 Å². The standard InChI is InChI=1S/C10H12N6O3/c1-6-2-8(14-12-6)10(19)11-3-7-4-16(15-13-7)5-9(17)18/h2,4H,3,5H2,1H3,(H,11,19)(H,12,14)(H,17,18). The van der Waals surface area contributed by atoms with Crippen LogP contribution in [0.2, 0.25) is 0 Å². The van der Waals surface area contributed by atoms with Gasteiger partial charge in [0.15, 0.2) is 0 Å². The third-order valence-electron chi connectivity index (χ3n) is 2.25. The highest BCUT2D eigenvalue weighted by atomic mass is 16.4. The lowest BCUT2D eigenvalue weighted by Gasteiger charge is -1.98. The van der Waals surface area contributed by atoms with E-state index in [1.54, 1.807) is 13.0 Å². The molecule has 0 aliphatic heterocycles. The highest BCUT2D eigenvalue weighted by Crippen LogP contribution is 1.98. The van der Waals surface area contributed by atoms with E-state index in [1.807, 2.05) is 0 Å². The van der Waals surface area contributed by atoms with E-state index in [1.165, 1.54) is 10.9 Å². The molecule has 9 nitrogen and oxygen atoms in total. The molecule has 0 aliphatic carbocycles. The summed E-state index contributed by atoms with van der Waals surface area (Å²) < 4.78 is 1.18. The molecule has 0 fully saturated rings. The second-order valence-corrected chi connectivity index (χ2v) is 3.92. The molecule has 0 saturated heterocycles. The summed E-state index contributed by atoms with van der Waals surface area (Å²) >= 11 is 0. The molecule has 0 aliphatic rings. The van der Waals surface area contributed by atoms with Gasteiger partial charge in [0.2, 0.25) is 0 Å². The largest absolute Gasteiger partial charge is 0.480 e. The molecule has 0 aromatic carbocycles. The lowest BCUT2D eigenvalue weighted by Crippen LogP contribution is -2.23. The number of H-pyrrole nitrogens is 1. The Morgan fingerprint density at radius 2 is 2.32 bits per heavy atom. The van der Waals surface area contributed by atoms with Crippen LogP contribution in [-0.2, 0) is 17.9 Å². The maximum absolute atomic E-state index is 11.7. The van der Waals surface area contributed by atoms with E-state index in [0.717, 1.165) is 5.69 Å². The van der Waals surface area contributed by atoms with Gasteiger partial charge in [0.05, 0.1) is 12.7 Å². The maximum atomic E-state index is 11.7. The van der Waals surface area contributed by atoms with Gasteiger partial charge in [-0.15, -0.1) is 5.10 Å². The minimum Gasteiger partial charge on any atom is -0.480 e. The Balaban J connectivity index is 1.90. The Hall–Kier alpha value is -2.71. The van der Waals surface area contributed by atoms with Crippen LogP contribution in [0.3, 0.4) is 0 Å². The van der Waals surface area contributed by atoms with Crippen LogP contribution in [0.25, 0.3) is 0 Å². The second-order valence-electron chi connectivity index (χ2n) is 3.92. The van der Waals surface area contributed by atoms with E-state index in [4.69, 9.17) is 5.11 Å². The summed E-state index contributed by atoms with van der Waals surface area (Å²) in [6.45, 7) is 1.69. The summed E-state index contributed by atoms with van der Waals surface area (Å²) in [6.07, 6.45) is 1.46. The van der Waals surface area contributed by atoms with E-state index in [2.05, 4.69) is 25.8 Å². The van der Waals surface area contributed by atoms with Crippen molar-refractivity contribution < 1.29 is 14.7 Å². The van der Waals surface area contributed by atoms with Crippen molar-refractivity contribution >= 4 is 11.9 Å². The van der Waals surface area contributed by atoms with E-state index in [-0.39, 0.29) is 24.7 Å². The highest BCUT2D eigenvalue weighted by molar-refractivity contribution is 5.92. The number of carbonyl (C=O) groups is 2. The normalized spacial score (nSPS) is 10.4. The molecule has 2 aromatic rings. The van der Waals surface area contributed by atoms with Crippen LogP contribution in [0.4, 0.5) is 0 Å². The molecule has 100 valence electrons. The average Bonchev–Trinajstić information content (AvgIpc) is 2.94. The third-order valence-corrected chi connectivity index (χ3v) is 2.25. The van der Waals surface area contributed by atoms with Gasteiger partial charge in [0.25, 0.3) is 5.91 Å². The highest BCUT2D eigenvalue weighted by Gasteiger charge is 2.10. The number of nitrogens with one attached hydrogen (secondary N) is 2. The summed E-state index contributed by atoms with van der Waals surface area (Å²) in [4.78, 5) is 22.1. The zero-order valence-corrected chi connectivity index (χ0v) is 10.1. The van der Waals surface area contributed by atoms with Crippen LogP contribution in [0, 0.1) is 6.92 Å². The number of rotatable bonds is 5. The Bertz CT molecular complexity index is 602. The van der Waals surface area contributed by atoms with Crippen molar-refractivity contribution in [2.75, 3.05) is 0 Å². The number of aromatic nitrogens is 5. The first-order valence-corrected chi connectivity index (χ1v) is 5.45. The van der Waals surface area contributed by atoms with Crippen molar-refractivity contribution in [1.29, 1.82) is 0 Å². The van der Waals surface area contributed by atoms with Crippen molar-refractivity contribution in [3.8, 4) is 0 Å². The molecule has 3 N–H and O–H groups in total. The van der Waals surface area contributed by atoms with Crippen molar-refractivity contribution in [2.24, 2.45) is 0 Å². The van der Waals surface area contributed by atoms with Crippen LogP contribution in [-0.4, -0.2) is 42.2 Å². The number of hydrogen-bond donors (Lipinski definition) is 3. The summed E-state index contributed by atoms with van der Waals surface area (Å²) in [7, 11) is 0. The number of hydrogen-bond acceptors (Lipinski definition) is 5. The molecule has 0 radical (unpaired) electrons. The van der Waals surface area contributed by atoms with Crippen LogP contribution in [0.5, 0.6) is 0 Å². The van der Waals surface area contributed by atoms with Crippen molar-refractivity contribution in [3.63, 3.8) is 0 Å². The number of aromatic amines is 1. The van der Waals surface area contributed by atoms with Gasteiger partial charge in [0.1, 0.15) is 17.9 Å². The van der Waals surface area contributed by atoms with Gasteiger partial charge < -0.3 is 10.4 Å². The van der Waals surface area contributed by atoms with Gasteiger partial charge in [-0.25, -0.2) is 4.68 Å². The summed E-state index contributed by atoms with van der Waals surface area (Å²) in [5, 5.41) is 25.0. The van der Waals surface area contributed by atoms with Gasteiger partial charge in [0, 0.05) is 5.69 Å². The van der Waals surface area contributed by atoms with Crippen LogP contribution < -0.4 is 5.32 Å². The average molecular weight is 264 g/mol. The fourth-order valence-electron chi connectivity index (χ4n) is 1.43. The third kappa shape index (κ3) is 3.37. The molecule has 19 heavy (non-hydrogen) atoms. The molecule has 0 saturated carbocycles. The molecule has 2 aromatic heterocycles. The van der Waals surface area contributed by atoms with Crippen LogP contribution in [0.1, 0.15) is 21.9 Å². The zero-order valence-electron chi connectivity index (χ0n) is 10.1. The van der Waals surface area contributed by atoms with Gasteiger partial charge in [-0.3, -0.25) is 14.7 Å². The summed E-state index contributed by atoms with van der Waals surface area (Å²) in [6, 6.07) is 1.62. The molecule has 0 spiro atoms. The molecule has 0 unspecified atom stereocenters. The van der Waals surface area contributed by atoms with Crippen molar-refractivity contribution in [1.82, 2.24) is 30.5 Å². The number of carbonyl (C=O) groups excluding carboxylic acids is 1. The zero-order chi connectivity index (χ0) is 13.8. The molecule has 1 amide bonds. The van der Waals surface area contributed by atoms with Crippen LogP contribution in [0.15, 0.2) is 12.3 Å². The van der Waals surface area contributed by atoms with E-state index < -0.39 is 5.97 Å². The summed E-state index contributed by atoms with van der Waals surface area (Å²) in [5.74, 6) is -1.34. The van der Waals surface area contributed by atoms with Gasteiger partial charge in [-0.2, -0.15) is 5.10 Å². The van der Waals surface area contributed by atoms with E-state index in [9.17, 15) is 9.59 Å². The number of aliphatic carboxylic acids is 1. The van der Waals surface area contributed by atoms with Gasteiger partial charge >= 0.3 is 5.97 Å². The topological polar surface area (TPSA) is 126 Å². The number of aryl methyl sites for hydroxylation is 1. The predicted molar refractivity (Wildman–Crippen MR) is 62.2 cm³/mol. The Morgan fingerprint density at radius 1 is 1.53 bits per heavy atom. The summed E-state index contributed by atoms with van der Waals surface area (Å²) in [5.41, 5.74) is 1.55. The second kappa shape index (κ2) is 5.29.